The van der Waals surface area contributed by atoms with E-state index in [9.17, 15) is 4.79 Å². The first-order valence-corrected chi connectivity index (χ1v) is 9.46. The van der Waals surface area contributed by atoms with E-state index in [-0.39, 0.29) is 5.91 Å². The maximum Gasteiger partial charge on any atom is 0.232 e. The Bertz CT molecular complexity index is 472. The monoisotopic (exact) mass is 337 g/mol. The minimum absolute atomic E-state index is 0.242. The molecule has 1 aromatic carbocycles. The minimum Gasteiger partial charge on any atom is -0.497 e. The number of carbonyl (C=O) groups excluding carboxylic acids is 1. The zero-order valence-electron chi connectivity index (χ0n) is 14.1. The number of benzene rings is 1. The summed E-state index contributed by atoms with van der Waals surface area (Å²) in [6.07, 6.45) is 6.15. The Morgan fingerprint density at radius 1 is 1.17 bits per heavy atom. The Balaban J connectivity index is 1.59. The molecule has 1 amide bonds. The molecule has 0 N–H and O–H groups in total. The highest BCUT2D eigenvalue weighted by Gasteiger charge is 2.21. The van der Waals surface area contributed by atoms with Crippen molar-refractivity contribution in [3.05, 3.63) is 24.3 Å². The van der Waals surface area contributed by atoms with E-state index in [0.717, 1.165) is 30.1 Å². The first kappa shape index (κ1) is 18.0. The summed E-state index contributed by atoms with van der Waals surface area (Å²) in [5.41, 5.74) is 0. The number of hydrogen-bond donors (Lipinski definition) is 0. The predicted molar refractivity (Wildman–Crippen MR) is 95.5 cm³/mol. The molecule has 128 valence electrons. The van der Waals surface area contributed by atoms with Crippen LogP contribution in [0, 0.1) is 0 Å². The predicted octanol–water partition coefficient (Wildman–Crippen LogP) is 3.60. The van der Waals surface area contributed by atoms with Crippen LogP contribution in [0.25, 0.3) is 0 Å². The molecule has 0 saturated heterocycles. The fourth-order valence-electron chi connectivity index (χ4n) is 2.82. The third-order valence-corrected chi connectivity index (χ3v) is 5.20. The Labute approximate surface area is 143 Å². The molecule has 2 rings (SSSR count). The Morgan fingerprint density at radius 3 is 2.48 bits per heavy atom. The standard InChI is InChI=1S/C18H27NO3S/c1-19(15-6-4-3-5-7-15)18(20)14-23-13-12-22-17-10-8-16(21-2)9-11-17/h8-11,15H,3-7,12-14H2,1-2H3. The molecule has 0 heterocycles. The van der Waals surface area contributed by atoms with Crippen LogP contribution in [0.4, 0.5) is 0 Å². The van der Waals surface area contributed by atoms with Gasteiger partial charge in [-0.2, -0.15) is 0 Å². The van der Waals surface area contributed by atoms with Crippen LogP contribution in [0.15, 0.2) is 24.3 Å². The van der Waals surface area contributed by atoms with Crippen molar-refractivity contribution in [2.24, 2.45) is 0 Å². The molecule has 5 heteroatoms. The molecule has 0 spiro atoms. The van der Waals surface area contributed by atoms with Gasteiger partial charge in [-0.05, 0) is 37.1 Å². The fraction of sp³-hybridized carbons (Fsp3) is 0.611. The van der Waals surface area contributed by atoms with Crippen LogP contribution in [-0.2, 0) is 4.79 Å². The van der Waals surface area contributed by atoms with Gasteiger partial charge in [0.15, 0.2) is 0 Å². The first-order chi connectivity index (χ1) is 11.2. The van der Waals surface area contributed by atoms with Gasteiger partial charge in [0.1, 0.15) is 11.5 Å². The van der Waals surface area contributed by atoms with Gasteiger partial charge in [0, 0.05) is 18.8 Å². The van der Waals surface area contributed by atoms with Gasteiger partial charge in [-0.15, -0.1) is 11.8 Å². The molecular formula is C18H27NO3S. The number of ether oxygens (including phenoxy) is 2. The van der Waals surface area contributed by atoms with Crippen molar-refractivity contribution in [2.45, 2.75) is 38.1 Å². The highest BCUT2D eigenvalue weighted by atomic mass is 32.2. The van der Waals surface area contributed by atoms with Gasteiger partial charge in [-0.3, -0.25) is 4.79 Å². The van der Waals surface area contributed by atoms with E-state index in [4.69, 9.17) is 9.47 Å². The van der Waals surface area contributed by atoms with E-state index in [0.29, 0.717) is 18.4 Å². The molecule has 1 aliphatic rings. The summed E-state index contributed by atoms with van der Waals surface area (Å²) in [6.45, 7) is 0.609. The van der Waals surface area contributed by atoms with Crippen molar-refractivity contribution >= 4 is 17.7 Å². The molecule has 23 heavy (non-hydrogen) atoms. The average Bonchev–Trinajstić information content (AvgIpc) is 2.62. The van der Waals surface area contributed by atoms with Gasteiger partial charge in [-0.25, -0.2) is 0 Å². The molecule has 4 nitrogen and oxygen atoms in total. The van der Waals surface area contributed by atoms with Crippen LogP contribution in [0.2, 0.25) is 0 Å². The van der Waals surface area contributed by atoms with Crippen LogP contribution >= 0.6 is 11.8 Å². The topological polar surface area (TPSA) is 38.8 Å². The summed E-state index contributed by atoms with van der Waals surface area (Å²) in [5.74, 6) is 3.25. The van der Waals surface area contributed by atoms with Crippen molar-refractivity contribution in [3.8, 4) is 11.5 Å². The highest BCUT2D eigenvalue weighted by Crippen LogP contribution is 2.22. The largest absolute Gasteiger partial charge is 0.497 e. The van der Waals surface area contributed by atoms with Crippen molar-refractivity contribution in [1.29, 1.82) is 0 Å². The summed E-state index contributed by atoms with van der Waals surface area (Å²) in [7, 11) is 3.60. The second kappa shape index (κ2) is 9.71. The Morgan fingerprint density at radius 2 is 1.83 bits per heavy atom. The number of nitrogens with zero attached hydrogens (tertiary/aromatic N) is 1. The number of methoxy groups -OCH3 is 1. The SMILES string of the molecule is COc1ccc(OCCSCC(=O)N(C)C2CCCCC2)cc1. The molecule has 0 bridgehead atoms. The summed E-state index contributed by atoms with van der Waals surface area (Å²) in [6, 6.07) is 8.00. The summed E-state index contributed by atoms with van der Waals surface area (Å²) < 4.78 is 10.8. The van der Waals surface area contributed by atoms with E-state index in [1.807, 2.05) is 36.2 Å². The average molecular weight is 337 g/mol. The lowest BCUT2D eigenvalue weighted by Gasteiger charge is -2.31. The Kier molecular flexibility index (Phi) is 7.59. The van der Waals surface area contributed by atoms with E-state index >= 15 is 0 Å². The van der Waals surface area contributed by atoms with E-state index in [2.05, 4.69) is 0 Å². The van der Waals surface area contributed by atoms with Crippen molar-refractivity contribution in [1.82, 2.24) is 4.90 Å². The molecule has 0 aliphatic heterocycles. The van der Waals surface area contributed by atoms with Crippen LogP contribution < -0.4 is 9.47 Å². The van der Waals surface area contributed by atoms with E-state index < -0.39 is 0 Å². The second-order valence-corrected chi connectivity index (χ2v) is 6.98. The van der Waals surface area contributed by atoms with Gasteiger partial charge in [0.2, 0.25) is 5.91 Å². The normalized spacial score (nSPS) is 15.2. The van der Waals surface area contributed by atoms with Gasteiger partial charge >= 0.3 is 0 Å². The van der Waals surface area contributed by atoms with E-state index in [1.54, 1.807) is 18.9 Å². The first-order valence-electron chi connectivity index (χ1n) is 8.31. The minimum atomic E-state index is 0.242. The summed E-state index contributed by atoms with van der Waals surface area (Å²) in [4.78, 5) is 14.2. The lowest BCUT2D eigenvalue weighted by molar-refractivity contribution is -0.129. The molecule has 1 aromatic rings. The van der Waals surface area contributed by atoms with Crippen LogP contribution in [0.5, 0.6) is 11.5 Å². The lowest BCUT2D eigenvalue weighted by Crippen LogP contribution is -2.39. The smallest absolute Gasteiger partial charge is 0.232 e. The number of hydrogen-bond acceptors (Lipinski definition) is 4. The molecule has 0 aromatic heterocycles. The third-order valence-electron chi connectivity index (χ3n) is 4.30. The zero-order chi connectivity index (χ0) is 16.5. The van der Waals surface area contributed by atoms with E-state index in [1.165, 1.54) is 19.3 Å². The second-order valence-electron chi connectivity index (χ2n) is 5.87. The molecular weight excluding hydrogens is 310 g/mol. The van der Waals surface area contributed by atoms with Crippen LogP contribution in [0.1, 0.15) is 32.1 Å². The third kappa shape index (κ3) is 5.98. The number of rotatable bonds is 8. The fourth-order valence-corrected chi connectivity index (χ4v) is 3.55. The summed E-state index contributed by atoms with van der Waals surface area (Å²) in [5, 5.41) is 0. The number of amides is 1. The van der Waals surface area contributed by atoms with Gasteiger partial charge < -0.3 is 14.4 Å². The Hall–Kier alpha value is -1.36. The lowest BCUT2D eigenvalue weighted by atomic mass is 9.94. The summed E-state index contributed by atoms with van der Waals surface area (Å²) >= 11 is 1.64. The van der Waals surface area contributed by atoms with Crippen molar-refractivity contribution in [2.75, 3.05) is 32.3 Å². The number of carbonyl (C=O) groups is 1. The van der Waals surface area contributed by atoms with Gasteiger partial charge in [-0.1, -0.05) is 19.3 Å². The molecule has 0 radical (unpaired) electrons. The highest BCUT2D eigenvalue weighted by molar-refractivity contribution is 7.99. The van der Waals surface area contributed by atoms with Crippen molar-refractivity contribution in [3.63, 3.8) is 0 Å². The van der Waals surface area contributed by atoms with Crippen LogP contribution in [-0.4, -0.2) is 49.1 Å². The van der Waals surface area contributed by atoms with Crippen molar-refractivity contribution < 1.29 is 14.3 Å². The quantitative estimate of drug-likeness (QED) is 0.680. The molecule has 1 saturated carbocycles. The molecule has 1 fully saturated rings. The zero-order valence-corrected chi connectivity index (χ0v) is 14.9. The van der Waals surface area contributed by atoms with Crippen LogP contribution in [0.3, 0.4) is 0 Å². The molecule has 0 atom stereocenters. The van der Waals surface area contributed by atoms with Gasteiger partial charge in [0.25, 0.3) is 0 Å². The number of thioether (sulfide) groups is 1. The molecule has 0 unspecified atom stereocenters. The maximum absolute atomic E-state index is 12.2. The molecule has 1 aliphatic carbocycles. The van der Waals surface area contributed by atoms with Gasteiger partial charge in [0.05, 0.1) is 19.5 Å². The maximum atomic E-state index is 12.2.